The molecule has 4 heteroatoms. The summed E-state index contributed by atoms with van der Waals surface area (Å²) in [4.78, 5) is 0. The fourth-order valence-electron chi connectivity index (χ4n) is 1.46. The average Bonchev–Trinajstić information content (AvgIpc) is 2.65. The highest BCUT2D eigenvalue weighted by Crippen LogP contribution is 2.23. The van der Waals surface area contributed by atoms with Crippen molar-refractivity contribution in [1.82, 2.24) is 5.16 Å². The molecular weight excluding hydrogens is 192 g/mol. The van der Waals surface area contributed by atoms with Crippen LogP contribution in [0.25, 0.3) is 0 Å². The van der Waals surface area contributed by atoms with Crippen molar-refractivity contribution in [2.45, 2.75) is 6.42 Å². The Balaban J connectivity index is 2.28. The van der Waals surface area contributed by atoms with Crippen LogP contribution >= 0.6 is 0 Å². The molecule has 0 bridgehead atoms. The van der Waals surface area contributed by atoms with Gasteiger partial charge in [-0.05, 0) is 11.6 Å². The van der Waals surface area contributed by atoms with E-state index in [9.17, 15) is 0 Å². The Morgan fingerprint density at radius 3 is 2.80 bits per heavy atom. The first-order valence-corrected chi connectivity index (χ1v) is 4.62. The zero-order chi connectivity index (χ0) is 10.7. The molecule has 4 nitrogen and oxygen atoms in total. The summed E-state index contributed by atoms with van der Waals surface area (Å²) >= 11 is 0. The lowest BCUT2D eigenvalue weighted by Crippen LogP contribution is -1.95. The predicted molar refractivity (Wildman–Crippen MR) is 56.7 cm³/mol. The van der Waals surface area contributed by atoms with E-state index in [2.05, 4.69) is 5.16 Å². The number of methoxy groups -OCH3 is 1. The Kier molecular flexibility index (Phi) is 2.58. The average molecular weight is 204 g/mol. The van der Waals surface area contributed by atoms with Crippen molar-refractivity contribution < 1.29 is 9.26 Å². The van der Waals surface area contributed by atoms with E-state index >= 15 is 0 Å². The Labute approximate surface area is 87.6 Å². The topological polar surface area (TPSA) is 61.3 Å². The van der Waals surface area contributed by atoms with Crippen LogP contribution in [0.5, 0.6) is 5.75 Å². The molecule has 2 rings (SSSR count). The fourth-order valence-corrected chi connectivity index (χ4v) is 1.46. The first kappa shape index (κ1) is 9.58. The molecule has 1 heterocycles. The van der Waals surface area contributed by atoms with Crippen LogP contribution in [0.3, 0.4) is 0 Å². The third-order valence-electron chi connectivity index (χ3n) is 2.25. The van der Waals surface area contributed by atoms with Crippen molar-refractivity contribution in [3.8, 4) is 5.75 Å². The van der Waals surface area contributed by atoms with Crippen LogP contribution in [0.1, 0.15) is 11.1 Å². The van der Waals surface area contributed by atoms with Gasteiger partial charge in [-0.25, -0.2) is 0 Å². The summed E-state index contributed by atoms with van der Waals surface area (Å²) in [5, 5.41) is 3.63. The van der Waals surface area contributed by atoms with Crippen LogP contribution in [0.15, 0.2) is 35.0 Å². The normalized spacial score (nSPS) is 10.2. The number of rotatable bonds is 3. The zero-order valence-electron chi connectivity index (χ0n) is 8.43. The summed E-state index contributed by atoms with van der Waals surface area (Å²) in [6, 6.07) is 7.80. The molecule has 0 aliphatic rings. The summed E-state index contributed by atoms with van der Waals surface area (Å²) in [5.41, 5.74) is 7.55. The van der Waals surface area contributed by atoms with Gasteiger partial charge in [0.05, 0.1) is 13.3 Å². The van der Waals surface area contributed by atoms with E-state index in [-0.39, 0.29) is 0 Å². The Morgan fingerprint density at radius 1 is 1.33 bits per heavy atom. The van der Waals surface area contributed by atoms with E-state index in [1.165, 1.54) is 0 Å². The van der Waals surface area contributed by atoms with Gasteiger partial charge in [-0.1, -0.05) is 23.4 Å². The number of para-hydroxylation sites is 1. The maximum absolute atomic E-state index is 5.61. The molecule has 2 N–H and O–H groups in total. The highest BCUT2D eigenvalue weighted by molar-refractivity contribution is 5.42. The number of nitrogens with two attached hydrogens (primary N) is 1. The molecule has 0 spiro atoms. The molecule has 0 unspecified atom stereocenters. The number of anilines is 1. The van der Waals surface area contributed by atoms with Gasteiger partial charge in [0, 0.05) is 12.0 Å². The third kappa shape index (κ3) is 1.93. The number of ether oxygens (including phenoxy) is 1. The van der Waals surface area contributed by atoms with Gasteiger partial charge in [0.15, 0.2) is 0 Å². The molecule has 15 heavy (non-hydrogen) atoms. The number of nitrogens with zero attached hydrogens (tertiary/aromatic N) is 1. The van der Waals surface area contributed by atoms with Gasteiger partial charge in [0.1, 0.15) is 5.75 Å². The van der Waals surface area contributed by atoms with E-state index < -0.39 is 0 Å². The molecule has 1 aromatic carbocycles. The largest absolute Gasteiger partial charge is 0.496 e. The summed E-state index contributed by atoms with van der Waals surface area (Å²) < 4.78 is 10.0. The minimum atomic E-state index is 0.362. The maximum Gasteiger partial charge on any atom is 0.225 e. The molecule has 0 saturated carbocycles. The summed E-state index contributed by atoms with van der Waals surface area (Å²) in [6.07, 6.45) is 2.29. The predicted octanol–water partition coefficient (Wildman–Crippen LogP) is 1.86. The zero-order valence-corrected chi connectivity index (χ0v) is 8.43. The first-order valence-electron chi connectivity index (χ1n) is 4.62. The van der Waals surface area contributed by atoms with Crippen LogP contribution < -0.4 is 10.5 Å². The lowest BCUT2D eigenvalue weighted by Gasteiger charge is -2.06. The summed E-state index contributed by atoms with van der Waals surface area (Å²) in [6.45, 7) is 0. The second kappa shape index (κ2) is 4.04. The van der Waals surface area contributed by atoms with E-state index in [1.54, 1.807) is 13.3 Å². The number of nitrogen functional groups attached to an aromatic ring is 1. The van der Waals surface area contributed by atoms with Crippen LogP contribution in [0.4, 0.5) is 5.88 Å². The first-order chi connectivity index (χ1) is 7.31. The second-order valence-electron chi connectivity index (χ2n) is 3.20. The van der Waals surface area contributed by atoms with Crippen LogP contribution in [0.2, 0.25) is 0 Å². The van der Waals surface area contributed by atoms with Gasteiger partial charge >= 0.3 is 0 Å². The van der Waals surface area contributed by atoms with E-state index in [4.69, 9.17) is 15.0 Å². The lowest BCUT2D eigenvalue weighted by atomic mass is 10.1. The number of hydrogen-bond acceptors (Lipinski definition) is 4. The highest BCUT2D eigenvalue weighted by Gasteiger charge is 2.08. The Morgan fingerprint density at radius 2 is 2.13 bits per heavy atom. The molecule has 2 aromatic rings. The Hall–Kier alpha value is -1.97. The van der Waals surface area contributed by atoms with Gasteiger partial charge < -0.3 is 15.0 Å². The minimum Gasteiger partial charge on any atom is -0.496 e. The number of aromatic nitrogens is 1. The maximum atomic E-state index is 5.61. The molecule has 0 saturated heterocycles. The van der Waals surface area contributed by atoms with Gasteiger partial charge in [0.2, 0.25) is 5.88 Å². The molecule has 0 atom stereocenters. The molecular formula is C11H12N2O2. The molecule has 0 aliphatic heterocycles. The highest BCUT2D eigenvalue weighted by atomic mass is 16.5. The Bertz CT molecular complexity index is 451. The fraction of sp³-hybridized carbons (Fsp3) is 0.182. The van der Waals surface area contributed by atoms with Gasteiger partial charge in [-0.2, -0.15) is 0 Å². The second-order valence-corrected chi connectivity index (χ2v) is 3.20. The lowest BCUT2D eigenvalue weighted by molar-refractivity contribution is 0.410. The summed E-state index contributed by atoms with van der Waals surface area (Å²) in [5.74, 6) is 1.21. The molecule has 0 aliphatic carbocycles. The molecule has 0 radical (unpaired) electrons. The van der Waals surface area contributed by atoms with Crippen molar-refractivity contribution in [2.24, 2.45) is 0 Å². The number of benzene rings is 1. The SMILES string of the molecule is COc1ccccc1Cc1cnoc1N. The number of hydrogen-bond donors (Lipinski definition) is 1. The van der Waals surface area contributed by atoms with Crippen molar-refractivity contribution in [1.29, 1.82) is 0 Å². The van der Waals surface area contributed by atoms with Crippen LogP contribution in [-0.2, 0) is 6.42 Å². The minimum absolute atomic E-state index is 0.362. The molecule has 0 fully saturated rings. The van der Waals surface area contributed by atoms with E-state index in [1.807, 2.05) is 24.3 Å². The van der Waals surface area contributed by atoms with Gasteiger partial charge in [-0.3, -0.25) is 0 Å². The monoisotopic (exact) mass is 204 g/mol. The van der Waals surface area contributed by atoms with Crippen LogP contribution in [-0.4, -0.2) is 12.3 Å². The van der Waals surface area contributed by atoms with Gasteiger partial charge in [-0.15, -0.1) is 0 Å². The molecule has 1 aromatic heterocycles. The van der Waals surface area contributed by atoms with E-state index in [0.29, 0.717) is 12.3 Å². The van der Waals surface area contributed by atoms with Crippen molar-refractivity contribution >= 4 is 5.88 Å². The quantitative estimate of drug-likeness (QED) is 0.828. The van der Waals surface area contributed by atoms with Gasteiger partial charge in [0.25, 0.3) is 0 Å². The van der Waals surface area contributed by atoms with Crippen molar-refractivity contribution in [3.63, 3.8) is 0 Å². The van der Waals surface area contributed by atoms with Crippen LogP contribution in [0, 0.1) is 0 Å². The smallest absolute Gasteiger partial charge is 0.225 e. The summed E-state index contributed by atoms with van der Waals surface area (Å²) in [7, 11) is 1.65. The van der Waals surface area contributed by atoms with Crippen molar-refractivity contribution in [2.75, 3.05) is 12.8 Å². The standard InChI is InChI=1S/C11H12N2O2/c1-14-10-5-3-2-4-8(10)6-9-7-13-15-11(9)12/h2-5,7H,6,12H2,1H3. The third-order valence-corrected chi connectivity index (χ3v) is 2.25. The molecule has 0 amide bonds. The van der Waals surface area contributed by atoms with Crippen molar-refractivity contribution in [3.05, 3.63) is 41.6 Å². The molecule has 78 valence electrons. The van der Waals surface area contributed by atoms with E-state index in [0.717, 1.165) is 16.9 Å².